The van der Waals surface area contributed by atoms with Crippen LogP contribution < -0.4 is 15.8 Å². The van der Waals surface area contributed by atoms with E-state index in [9.17, 15) is 27.2 Å². The van der Waals surface area contributed by atoms with Crippen molar-refractivity contribution in [2.45, 2.75) is 37.6 Å². The smallest absolute Gasteiger partial charge is 0.414 e. The number of benzene rings is 1. The monoisotopic (exact) mass is 441 g/mol. The van der Waals surface area contributed by atoms with Gasteiger partial charge in [-0.05, 0) is 31.5 Å². The number of amides is 2. The summed E-state index contributed by atoms with van der Waals surface area (Å²) in [5.74, 6) is -3.31. The highest BCUT2D eigenvalue weighted by Gasteiger charge is 2.52. The molecule has 0 saturated carbocycles. The second kappa shape index (κ2) is 8.50. The van der Waals surface area contributed by atoms with E-state index in [1.807, 2.05) is 0 Å². The Morgan fingerprint density at radius 1 is 1.29 bits per heavy atom. The van der Waals surface area contributed by atoms with Crippen molar-refractivity contribution < 1.29 is 36.6 Å². The number of primary amides is 1. The number of hydrogen-bond donors (Lipinski definition) is 2. The summed E-state index contributed by atoms with van der Waals surface area (Å²) in [7, 11) is 1.26. The molecule has 1 aliphatic heterocycles. The maximum absolute atomic E-state index is 13.9. The van der Waals surface area contributed by atoms with E-state index in [0.717, 1.165) is 6.07 Å². The summed E-state index contributed by atoms with van der Waals surface area (Å²) in [4.78, 5) is 27.9. The zero-order valence-electron chi connectivity index (χ0n) is 16.5. The predicted molar refractivity (Wildman–Crippen MR) is 101 cm³/mol. The quantitative estimate of drug-likeness (QED) is 0.695. The maximum Gasteiger partial charge on any atom is 0.414 e. The molecule has 1 saturated heterocycles. The summed E-state index contributed by atoms with van der Waals surface area (Å²) in [5.41, 5.74) is 5.45. The zero-order valence-corrected chi connectivity index (χ0v) is 16.5. The summed E-state index contributed by atoms with van der Waals surface area (Å²) in [5, 5.41) is 2.42. The average Bonchev–Trinajstić information content (AvgIpc) is 3.16. The first kappa shape index (κ1) is 22.5. The summed E-state index contributed by atoms with van der Waals surface area (Å²) < 4.78 is 64.3. The van der Waals surface area contributed by atoms with Crippen LogP contribution >= 0.6 is 0 Å². The predicted octanol–water partition coefficient (Wildman–Crippen LogP) is 3.08. The molecular formula is C20H19F4N3O4. The number of alkyl halides is 3. The van der Waals surface area contributed by atoms with Gasteiger partial charge in [-0.1, -0.05) is 6.07 Å². The lowest BCUT2D eigenvalue weighted by molar-refractivity contribution is -0.213. The normalized spacial score (nSPS) is 21.0. The van der Waals surface area contributed by atoms with Crippen LogP contribution in [0, 0.1) is 12.7 Å². The van der Waals surface area contributed by atoms with Crippen LogP contribution in [0.2, 0.25) is 0 Å². The fourth-order valence-corrected chi connectivity index (χ4v) is 3.53. The van der Waals surface area contributed by atoms with Crippen molar-refractivity contribution in [1.82, 2.24) is 4.98 Å². The van der Waals surface area contributed by atoms with Crippen molar-refractivity contribution in [1.29, 1.82) is 0 Å². The average molecular weight is 441 g/mol. The Morgan fingerprint density at radius 2 is 2.00 bits per heavy atom. The number of pyridine rings is 1. The van der Waals surface area contributed by atoms with Gasteiger partial charge in [-0.15, -0.1) is 0 Å². The fourth-order valence-electron chi connectivity index (χ4n) is 3.53. The van der Waals surface area contributed by atoms with Crippen LogP contribution in [0.1, 0.15) is 34.0 Å². The molecule has 0 aliphatic carbocycles. The third-order valence-electron chi connectivity index (χ3n) is 5.02. The standard InChI is InChI=1S/C20H19F4N3O4/c1-9-13(21)4-3-11(16(9)30-2)12-8-15(20(22,23)24)31-17(12)19(29)27-10-5-6-26-14(7-10)18(25)28/h3-7,12,15,17H,8H2,1-2H3,(H2,25,28)(H,26,27,29). The molecule has 166 valence electrons. The Hall–Kier alpha value is -3.21. The molecule has 0 radical (unpaired) electrons. The highest BCUT2D eigenvalue weighted by Crippen LogP contribution is 2.45. The minimum absolute atomic E-state index is 0.0501. The number of nitrogens with two attached hydrogens (primary N) is 1. The molecule has 11 heteroatoms. The third kappa shape index (κ3) is 4.61. The van der Waals surface area contributed by atoms with E-state index >= 15 is 0 Å². The van der Waals surface area contributed by atoms with Crippen molar-refractivity contribution in [3.63, 3.8) is 0 Å². The van der Waals surface area contributed by atoms with Crippen molar-refractivity contribution in [2.24, 2.45) is 5.73 Å². The first-order valence-corrected chi connectivity index (χ1v) is 9.14. The molecule has 0 spiro atoms. The van der Waals surface area contributed by atoms with Crippen LogP contribution in [-0.2, 0) is 9.53 Å². The van der Waals surface area contributed by atoms with Gasteiger partial charge in [0.1, 0.15) is 23.4 Å². The second-order valence-corrected chi connectivity index (χ2v) is 7.01. The molecule has 1 aromatic carbocycles. The van der Waals surface area contributed by atoms with Gasteiger partial charge in [-0.25, -0.2) is 4.39 Å². The van der Waals surface area contributed by atoms with E-state index in [1.165, 1.54) is 38.4 Å². The Bertz CT molecular complexity index is 1010. The SMILES string of the molecule is COc1c(C2CC(C(F)(F)F)OC2C(=O)Nc2ccnc(C(N)=O)c2)ccc(F)c1C. The first-order valence-electron chi connectivity index (χ1n) is 9.14. The lowest BCUT2D eigenvalue weighted by Gasteiger charge is -2.21. The first-order chi connectivity index (χ1) is 14.5. The number of halogens is 4. The van der Waals surface area contributed by atoms with Crippen molar-refractivity contribution in [3.8, 4) is 5.75 Å². The highest BCUT2D eigenvalue weighted by molar-refractivity contribution is 5.97. The number of methoxy groups -OCH3 is 1. The van der Waals surface area contributed by atoms with Crippen LogP contribution in [0.25, 0.3) is 0 Å². The van der Waals surface area contributed by atoms with Gasteiger partial charge in [0.15, 0.2) is 6.10 Å². The molecule has 2 amide bonds. The molecule has 7 nitrogen and oxygen atoms in total. The number of nitrogens with zero attached hydrogens (tertiary/aromatic N) is 1. The zero-order chi connectivity index (χ0) is 22.9. The molecule has 3 unspecified atom stereocenters. The largest absolute Gasteiger partial charge is 0.496 e. The molecule has 3 rings (SSSR count). The minimum Gasteiger partial charge on any atom is -0.496 e. The van der Waals surface area contributed by atoms with Gasteiger partial charge >= 0.3 is 6.18 Å². The molecule has 0 bridgehead atoms. The molecule has 1 aliphatic rings. The number of carbonyl (C=O) groups is 2. The molecule has 3 N–H and O–H groups in total. The van der Waals surface area contributed by atoms with Crippen LogP contribution in [0.3, 0.4) is 0 Å². The summed E-state index contributed by atoms with van der Waals surface area (Å²) >= 11 is 0. The van der Waals surface area contributed by atoms with E-state index in [-0.39, 0.29) is 28.3 Å². The summed E-state index contributed by atoms with van der Waals surface area (Å²) in [6.07, 6.45) is -7.78. The third-order valence-corrected chi connectivity index (χ3v) is 5.02. The Balaban J connectivity index is 1.96. The van der Waals surface area contributed by atoms with E-state index in [2.05, 4.69) is 10.3 Å². The van der Waals surface area contributed by atoms with Crippen molar-refractivity contribution >= 4 is 17.5 Å². The van der Waals surface area contributed by atoms with Crippen LogP contribution in [0.15, 0.2) is 30.5 Å². The Morgan fingerprint density at radius 3 is 2.61 bits per heavy atom. The van der Waals surface area contributed by atoms with Gasteiger partial charge in [0.25, 0.3) is 11.8 Å². The molecule has 2 aromatic rings. The lowest BCUT2D eigenvalue weighted by atomic mass is 9.88. The number of anilines is 1. The van der Waals surface area contributed by atoms with Crippen molar-refractivity contribution in [2.75, 3.05) is 12.4 Å². The number of aromatic nitrogens is 1. The summed E-state index contributed by atoms with van der Waals surface area (Å²) in [6, 6.07) is 4.92. The molecule has 1 aromatic heterocycles. The van der Waals surface area contributed by atoms with E-state index in [1.54, 1.807) is 0 Å². The topological polar surface area (TPSA) is 104 Å². The van der Waals surface area contributed by atoms with Crippen molar-refractivity contribution in [3.05, 3.63) is 53.1 Å². The second-order valence-electron chi connectivity index (χ2n) is 7.01. The van der Waals surface area contributed by atoms with Gasteiger partial charge in [-0.2, -0.15) is 13.2 Å². The Kier molecular flexibility index (Phi) is 6.16. The Labute approximate surface area is 174 Å². The highest BCUT2D eigenvalue weighted by atomic mass is 19.4. The number of carbonyl (C=O) groups excluding carboxylic acids is 2. The molecule has 3 atom stereocenters. The molecule has 2 heterocycles. The fraction of sp³-hybridized carbons (Fsp3) is 0.350. The number of rotatable bonds is 5. The molecule has 1 fully saturated rings. The van der Waals surface area contributed by atoms with Crippen LogP contribution in [0.5, 0.6) is 5.75 Å². The maximum atomic E-state index is 13.9. The number of nitrogens with one attached hydrogen (secondary N) is 1. The number of ether oxygens (including phenoxy) is 2. The van der Waals surface area contributed by atoms with Crippen LogP contribution in [0.4, 0.5) is 23.2 Å². The van der Waals surface area contributed by atoms with E-state index in [0.29, 0.717) is 0 Å². The van der Waals surface area contributed by atoms with Gasteiger partial charge < -0.3 is 20.5 Å². The lowest BCUT2D eigenvalue weighted by Crippen LogP contribution is -2.34. The van der Waals surface area contributed by atoms with Gasteiger partial charge in [0.2, 0.25) is 0 Å². The van der Waals surface area contributed by atoms with Crippen LogP contribution in [-0.4, -0.2) is 42.3 Å². The van der Waals surface area contributed by atoms with E-state index in [4.69, 9.17) is 15.2 Å². The van der Waals surface area contributed by atoms with Gasteiger partial charge in [0.05, 0.1) is 7.11 Å². The van der Waals surface area contributed by atoms with E-state index < -0.39 is 48.4 Å². The van der Waals surface area contributed by atoms with Gasteiger partial charge in [0, 0.05) is 28.9 Å². The minimum atomic E-state index is -4.70. The van der Waals surface area contributed by atoms with Gasteiger partial charge in [-0.3, -0.25) is 14.6 Å². The molecule has 31 heavy (non-hydrogen) atoms. The molecular weight excluding hydrogens is 422 g/mol. The number of hydrogen-bond acceptors (Lipinski definition) is 5. The summed E-state index contributed by atoms with van der Waals surface area (Å²) in [6.45, 7) is 1.42.